The van der Waals surface area contributed by atoms with E-state index in [4.69, 9.17) is 4.42 Å². The molecule has 0 fully saturated rings. The first-order valence-corrected chi connectivity index (χ1v) is 8.56. The fourth-order valence-electron chi connectivity index (χ4n) is 2.43. The number of furan rings is 1. The molecule has 0 atom stereocenters. The highest BCUT2D eigenvalue weighted by atomic mass is 32.2. The predicted molar refractivity (Wildman–Crippen MR) is 94.0 cm³/mol. The highest BCUT2D eigenvalue weighted by molar-refractivity contribution is 7.98. The summed E-state index contributed by atoms with van der Waals surface area (Å²) in [4.78, 5) is 16.5. The number of rotatable bonds is 4. The van der Waals surface area contributed by atoms with Crippen LogP contribution in [0.5, 0.6) is 0 Å². The molecule has 0 saturated carbocycles. The Labute approximate surface area is 139 Å². The first kappa shape index (κ1) is 15.6. The highest BCUT2D eigenvalue weighted by Crippen LogP contribution is 2.25. The molecule has 4 nitrogen and oxygen atoms in total. The molecule has 5 heteroatoms. The second kappa shape index (κ2) is 6.46. The van der Waals surface area contributed by atoms with E-state index in [1.807, 2.05) is 24.5 Å². The molecule has 3 rings (SSSR count). The highest BCUT2D eigenvalue weighted by Gasteiger charge is 2.12. The molecule has 2 aromatic heterocycles. The zero-order valence-corrected chi connectivity index (χ0v) is 14.2. The molecule has 0 aliphatic heterocycles. The van der Waals surface area contributed by atoms with Crippen molar-refractivity contribution in [3.05, 3.63) is 53.4 Å². The molecular formula is C18H18N2O2S. The molecule has 2 heterocycles. The summed E-state index contributed by atoms with van der Waals surface area (Å²) in [6.07, 6.45) is 5.58. The number of benzene rings is 1. The molecule has 1 amide bonds. The number of nitrogens with one attached hydrogen (secondary N) is 1. The van der Waals surface area contributed by atoms with Crippen LogP contribution in [0, 0.1) is 13.8 Å². The Balaban J connectivity index is 1.76. The van der Waals surface area contributed by atoms with Gasteiger partial charge in [-0.25, -0.2) is 4.98 Å². The van der Waals surface area contributed by atoms with E-state index in [2.05, 4.69) is 30.2 Å². The van der Waals surface area contributed by atoms with Crippen molar-refractivity contribution in [1.82, 2.24) is 4.98 Å². The third-order valence-electron chi connectivity index (χ3n) is 3.85. The topological polar surface area (TPSA) is 55.1 Å². The van der Waals surface area contributed by atoms with Crippen LogP contribution in [0.3, 0.4) is 0 Å². The standard InChI is InChI=1S/C18H18N2O2S/c1-11-6-15-13(10-22-16(15)7-12(11)2)8-17(21)20-14-4-5-18(23-3)19-9-14/h4-7,9-10H,8H2,1-3H3,(H,20,21). The Morgan fingerprint density at radius 2 is 2.04 bits per heavy atom. The minimum atomic E-state index is -0.0790. The lowest BCUT2D eigenvalue weighted by Gasteiger charge is -2.05. The van der Waals surface area contributed by atoms with Crippen molar-refractivity contribution in [2.75, 3.05) is 11.6 Å². The lowest BCUT2D eigenvalue weighted by molar-refractivity contribution is -0.115. The first-order chi connectivity index (χ1) is 11.1. The van der Waals surface area contributed by atoms with E-state index in [9.17, 15) is 4.79 Å². The number of thioether (sulfide) groups is 1. The van der Waals surface area contributed by atoms with E-state index in [1.54, 1.807) is 24.2 Å². The largest absolute Gasteiger partial charge is 0.464 e. The Hall–Kier alpha value is -2.27. The fourth-order valence-corrected chi connectivity index (χ4v) is 2.79. The van der Waals surface area contributed by atoms with Crippen molar-refractivity contribution in [2.24, 2.45) is 0 Å². The third kappa shape index (κ3) is 3.40. The normalized spacial score (nSPS) is 10.9. The van der Waals surface area contributed by atoms with Gasteiger partial charge in [0.15, 0.2) is 0 Å². The van der Waals surface area contributed by atoms with Gasteiger partial charge in [-0.05, 0) is 55.5 Å². The van der Waals surface area contributed by atoms with Gasteiger partial charge in [0, 0.05) is 10.9 Å². The summed E-state index contributed by atoms with van der Waals surface area (Å²) >= 11 is 1.57. The summed E-state index contributed by atoms with van der Waals surface area (Å²) in [6.45, 7) is 4.11. The lowest BCUT2D eigenvalue weighted by atomic mass is 10.0. The minimum Gasteiger partial charge on any atom is -0.464 e. The molecule has 0 aliphatic carbocycles. The SMILES string of the molecule is CSc1ccc(NC(=O)Cc2coc3cc(C)c(C)cc23)cn1. The molecule has 3 aromatic rings. The van der Waals surface area contributed by atoms with Gasteiger partial charge >= 0.3 is 0 Å². The van der Waals surface area contributed by atoms with E-state index in [0.717, 1.165) is 21.6 Å². The smallest absolute Gasteiger partial charge is 0.228 e. The summed E-state index contributed by atoms with van der Waals surface area (Å²) in [7, 11) is 0. The molecule has 0 unspecified atom stereocenters. The van der Waals surface area contributed by atoms with Crippen LogP contribution >= 0.6 is 11.8 Å². The van der Waals surface area contributed by atoms with Crippen molar-refractivity contribution in [1.29, 1.82) is 0 Å². The molecule has 1 N–H and O–H groups in total. The maximum atomic E-state index is 12.2. The third-order valence-corrected chi connectivity index (χ3v) is 4.51. The lowest BCUT2D eigenvalue weighted by Crippen LogP contribution is -2.14. The number of amides is 1. The van der Waals surface area contributed by atoms with Crippen LogP contribution in [-0.2, 0) is 11.2 Å². The Morgan fingerprint density at radius 1 is 1.26 bits per heavy atom. The van der Waals surface area contributed by atoms with Gasteiger partial charge < -0.3 is 9.73 Å². The number of aromatic nitrogens is 1. The molecule has 0 aliphatic rings. The Kier molecular flexibility index (Phi) is 4.39. The quantitative estimate of drug-likeness (QED) is 0.724. The van der Waals surface area contributed by atoms with Crippen LogP contribution in [0.25, 0.3) is 11.0 Å². The van der Waals surface area contributed by atoms with Crippen molar-refractivity contribution >= 4 is 34.3 Å². The van der Waals surface area contributed by atoms with E-state index in [-0.39, 0.29) is 12.3 Å². The monoisotopic (exact) mass is 326 g/mol. The van der Waals surface area contributed by atoms with Gasteiger partial charge in [0.1, 0.15) is 5.58 Å². The van der Waals surface area contributed by atoms with Gasteiger partial charge in [-0.15, -0.1) is 11.8 Å². The van der Waals surface area contributed by atoms with E-state index in [0.29, 0.717) is 5.69 Å². The molecule has 23 heavy (non-hydrogen) atoms. The molecule has 118 valence electrons. The zero-order chi connectivity index (χ0) is 16.4. The number of hydrogen-bond acceptors (Lipinski definition) is 4. The summed E-state index contributed by atoms with van der Waals surface area (Å²) in [5.41, 5.74) is 4.80. The molecule has 0 spiro atoms. The van der Waals surface area contributed by atoms with E-state index in [1.165, 1.54) is 11.1 Å². The number of fused-ring (bicyclic) bond motifs is 1. The van der Waals surface area contributed by atoms with Crippen LogP contribution in [0.1, 0.15) is 16.7 Å². The zero-order valence-electron chi connectivity index (χ0n) is 13.3. The van der Waals surface area contributed by atoms with Crippen LogP contribution in [-0.4, -0.2) is 17.1 Å². The van der Waals surface area contributed by atoms with Crippen LogP contribution in [0.4, 0.5) is 5.69 Å². The second-order valence-corrected chi connectivity index (χ2v) is 6.33. The number of nitrogens with zero attached hydrogens (tertiary/aromatic N) is 1. The van der Waals surface area contributed by atoms with Crippen molar-refractivity contribution in [3.63, 3.8) is 0 Å². The summed E-state index contributed by atoms with van der Waals surface area (Å²) in [5.74, 6) is -0.0790. The number of carbonyl (C=O) groups excluding carboxylic acids is 1. The molecule has 0 saturated heterocycles. The summed E-state index contributed by atoms with van der Waals surface area (Å²) in [6, 6.07) is 7.83. The Bertz CT molecular complexity index is 853. The number of pyridine rings is 1. The maximum absolute atomic E-state index is 12.2. The van der Waals surface area contributed by atoms with Crippen LogP contribution < -0.4 is 5.32 Å². The molecular weight excluding hydrogens is 308 g/mol. The van der Waals surface area contributed by atoms with Gasteiger partial charge in [-0.1, -0.05) is 0 Å². The fraction of sp³-hybridized carbons (Fsp3) is 0.222. The van der Waals surface area contributed by atoms with Gasteiger partial charge in [0.05, 0.1) is 29.6 Å². The minimum absolute atomic E-state index is 0.0790. The number of aryl methyl sites for hydroxylation is 2. The van der Waals surface area contributed by atoms with Gasteiger partial charge in [-0.2, -0.15) is 0 Å². The number of hydrogen-bond donors (Lipinski definition) is 1. The van der Waals surface area contributed by atoms with Crippen LogP contribution in [0.2, 0.25) is 0 Å². The molecule has 0 bridgehead atoms. The van der Waals surface area contributed by atoms with Crippen LogP contribution in [0.15, 0.2) is 46.2 Å². The van der Waals surface area contributed by atoms with Gasteiger partial charge in [0.2, 0.25) is 5.91 Å². The number of carbonyl (C=O) groups is 1. The average molecular weight is 326 g/mol. The summed E-state index contributed by atoms with van der Waals surface area (Å²) < 4.78 is 5.57. The maximum Gasteiger partial charge on any atom is 0.228 e. The summed E-state index contributed by atoms with van der Waals surface area (Å²) in [5, 5.41) is 4.79. The van der Waals surface area contributed by atoms with E-state index < -0.39 is 0 Å². The van der Waals surface area contributed by atoms with Crippen molar-refractivity contribution in [2.45, 2.75) is 25.3 Å². The van der Waals surface area contributed by atoms with Gasteiger partial charge in [0.25, 0.3) is 0 Å². The Morgan fingerprint density at radius 3 is 2.74 bits per heavy atom. The van der Waals surface area contributed by atoms with Gasteiger partial charge in [-0.3, -0.25) is 4.79 Å². The average Bonchev–Trinajstić information content (AvgIpc) is 2.90. The first-order valence-electron chi connectivity index (χ1n) is 7.34. The molecule has 1 aromatic carbocycles. The molecule has 0 radical (unpaired) electrons. The van der Waals surface area contributed by atoms with Crippen molar-refractivity contribution < 1.29 is 9.21 Å². The number of anilines is 1. The second-order valence-electron chi connectivity index (χ2n) is 5.51. The van der Waals surface area contributed by atoms with Crippen molar-refractivity contribution in [3.8, 4) is 0 Å². The predicted octanol–water partition coefficient (Wildman–Crippen LogP) is 4.35. The van der Waals surface area contributed by atoms with E-state index >= 15 is 0 Å².